The molecule has 0 aliphatic heterocycles. The standard InChI is InChI=1S/C23H28FN3O2/c1-13-14(2)26-21-16(12-25)11-18(24)20(19(13)21)15-8-7-9-17(10-15)27(6)22(28)29-23(3,4)5/h8,11,17,26H,7,9-10H2,1-6H3. The molecule has 0 saturated carbocycles. The number of aromatic nitrogens is 1. The van der Waals surface area contributed by atoms with Crippen LogP contribution in [-0.4, -0.2) is 34.7 Å². The van der Waals surface area contributed by atoms with E-state index in [0.717, 1.165) is 35.1 Å². The van der Waals surface area contributed by atoms with Crippen molar-refractivity contribution in [3.05, 3.63) is 40.3 Å². The summed E-state index contributed by atoms with van der Waals surface area (Å²) in [6.45, 7) is 9.37. The van der Waals surface area contributed by atoms with Gasteiger partial charge in [0.15, 0.2) is 0 Å². The third-order valence-electron chi connectivity index (χ3n) is 5.55. The van der Waals surface area contributed by atoms with Gasteiger partial charge in [-0.2, -0.15) is 5.26 Å². The molecule has 1 atom stereocenters. The topological polar surface area (TPSA) is 69.1 Å². The summed E-state index contributed by atoms with van der Waals surface area (Å²) in [6.07, 6.45) is 3.76. The van der Waals surface area contributed by atoms with Crippen LogP contribution in [0.5, 0.6) is 0 Å². The van der Waals surface area contributed by atoms with Crippen LogP contribution >= 0.6 is 0 Å². The molecule has 1 amide bonds. The molecular weight excluding hydrogens is 369 g/mol. The molecule has 0 fully saturated rings. The highest BCUT2D eigenvalue weighted by Gasteiger charge is 2.29. The van der Waals surface area contributed by atoms with Crippen LogP contribution in [0, 0.1) is 31.0 Å². The number of ether oxygens (including phenoxy) is 1. The SMILES string of the molecule is Cc1[nH]c2c(C#N)cc(F)c(C3=CCCC(N(C)C(=O)OC(C)(C)C)C3)c2c1C. The van der Waals surface area contributed by atoms with E-state index in [4.69, 9.17) is 4.74 Å². The zero-order valence-corrected chi connectivity index (χ0v) is 17.9. The van der Waals surface area contributed by atoms with Crippen molar-refractivity contribution in [1.82, 2.24) is 9.88 Å². The van der Waals surface area contributed by atoms with E-state index in [0.29, 0.717) is 23.1 Å². The van der Waals surface area contributed by atoms with Gasteiger partial charge in [0.05, 0.1) is 11.1 Å². The Hall–Kier alpha value is -2.81. The molecule has 1 aromatic carbocycles. The smallest absolute Gasteiger partial charge is 0.410 e. The number of aryl methyl sites for hydroxylation is 2. The summed E-state index contributed by atoms with van der Waals surface area (Å²) in [5, 5.41) is 10.2. The van der Waals surface area contributed by atoms with Crippen LogP contribution in [0.3, 0.4) is 0 Å². The van der Waals surface area contributed by atoms with Crippen LogP contribution in [0.4, 0.5) is 9.18 Å². The lowest BCUT2D eigenvalue weighted by Crippen LogP contribution is -2.41. The van der Waals surface area contributed by atoms with Crippen molar-refractivity contribution >= 4 is 22.6 Å². The fourth-order valence-corrected chi connectivity index (χ4v) is 3.93. The number of nitrogens with one attached hydrogen (secondary N) is 1. The van der Waals surface area contributed by atoms with Crippen LogP contribution in [0.25, 0.3) is 16.5 Å². The van der Waals surface area contributed by atoms with E-state index in [1.807, 2.05) is 40.7 Å². The molecule has 1 aromatic heterocycles. The summed E-state index contributed by atoms with van der Waals surface area (Å²) in [4.78, 5) is 17.3. The van der Waals surface area contributed by atoms with Crippen LogP contribution in [0.15, 0.2) is 12.1 Å². The number of hydrogen-bond donors (Lipinski definition) is 1. The van der Waals surface area contributed by atoms with Crippen LogP contribution in [0.1, 0.15) is 62.4 Å². The molecule has 0 saturated heterocycles. The molecule has 0 bridgehead atoms. The van der Waals surface area contributed by atoms with E-state index in [2.05, 4.69) is 11.1 Å². The normalized spacial score (nSPS) is 17.0. The minimum Gasteiger partial charge on any atom is -0.444 e. The maximum Gasteiger partial charge on any atom is 0.410 e. The van der Waals surface area contributed by atoms with Crippen LogP contribution in [0.2, 0.25) is 0 Å². The molecule has 5 nitrogen and oxygen atoms in total. The Labute approximate surface area is 171 Å². The number of rotatable bonds is 2. The lowest BCUT2D eigenvalue weighted by molar-refractivity contribution is 0.0216. The van der Waals surface area contributed by atoms with Gasteiger partial charge in [-0.25, -0.2) is 9.18 Å². The molecule has 2 aromatic rings. The molecule has 1 aliphatic carbocycles. The van der Waals surface area contributed by atoms with Gasteiger partial charge in [-0.05, 0) is 71.1 Å². The minimum absolute atomic E-state index is 0.0738. The number of allylic oxidation sites excluding steroid dienone is 1. The largest absolute Gasteiger partial charge is 0.444 e. The fraction of sp³-hybridized carbons (Fsp3) is 0.478. The lowest BCUT2D eigenvalue weighted by atomic mass is 9.86. The Balaban J connectivity index is 1.99. The van der Waals surface area contributed by atoms with Gasteiger partial charge < -0.3 is 14.6 Å². The summed E-state index contributed by atoms with van der Waals surface area (Å²) in [5.41, 5.74) is 3.66. The van der Waals surface area contributed by atoms with Crippen molar-refractivity contribution < 1.29 is 13.9 Å². The number of carbonyl (C=O) groups excluding carboxylic acids is 1. The van der Waals surface area contributed by atoms with Crippen LogP contribution < -0.4 is 0 Å². The number of nitrogens with zero attached hydrogens (tertiary/aromatic N) is 2. The molecule has 1 aliphatic rings. The lowest BCUT2D eigenvalue weighted by Gasteiger charge is -2.33. The molecule has 0 spiro atoms. The Kier molecular flexibility index (Phi) is 5.44. The quantitative estimate of drug-likeness (QED) is 0.717. The second kappa shape index (κ2) is 7.55. The van der Waals surface area contributed by atoms with Gasteiger partial charge in [-0.1, -0.05) is 6.08 Å². The third-order valence-corrected chi connectivity index (χ3v) is 5.55. The zero-order valence-electron chi connectivity index (χ0n) is 17.9. The van der Waals surface area contributed by atoms with Crippen molar-refractivity contribution in [2.24, 2.45) is 0 Å². The van der Waals surface area contributed by atoms with Gasteiger partial charge in [0.2, 0.25) is 0 Å². The highest BCUT2D eigenvalue weighted by molar-refractivity contribution is 5.98. The minimum atomic E-state index is -0.566. The predicted molar refractivity (Wildman–Crippen MR) is 112 cm³/mol. The number of nitriles is 1. The molecule has 1 heterocycles. The van der Waals surface area contributed by atoms with E-state index in [9.17, 15) is 10.1 Å². The Morgan fingerprint density at radius 3 is 2.69 bits per heavy atom. The molecule has 1 unspecified atom stereocenters. The number of aromatic amines is 1. The second-order valence-electron chi connectivity index (χ2n) is 8.77. The Bertz CT molecular complexity index is 1040. The summed E-state index contributed by atoms with van der Waals surface area (Å²) in [7, 11) is 1.73. The molecular formula is C23H28FN3O2. The van der Waals surface area contributed by atoms with Gasteiger partial charge >= 0.3 is 6.09 Å². The first kappa shape index (κ1) is 20.9. The monoisotopic (exact) mass is 397 g/mol. The first-order valence-corrected chi connectivity index (χ1v) is 9.90. The van der Waals surface area contributed by atoms with Gasteiger partial charge in [0.25, 0.3) is 0 Å². The molecule has 29 heavy (non-hydrogen) atoms. The summed E-state index contributed by atoms with van der Waals surface area (Å²) < 4.78 is 20.6. The maximum atomic E-state index is 15.1. The molecule has 154 valence electrons. The van der Waals surface area contributed by atoms with E-state index < -0.39 is 11.4 Å². The molecule has 3 rings (SSSR count). The Morgan fingerprint density at radius 2 is 2.07 bits per heavy atom. The first-order valence-electron chi connectivity index (χ1n) is 9.90. The van der Waals surface area contributed by atoms with Crippen molar-refractivity contribution in [2.45, 2.75) is 65.5 Å². The zero-order chi connectivity index (χ0) is 21.5. The van der Waals surface area contributed by atoms with Gasteiger partial charge in [-0.3, -0.25) is 0 Å². The summed E-state index contributed by atoms with van der Waals surface area (Å²) in [5.74, 6) is -0.400. The molecule has 6 heteroatoms. The number of hydrogen-bond acceptors (Lipinski definition) is 3. The van der Waals surface area contributed by atoms with E-state index >= 15 is 4.39 Å². The maximum absolute atomic E-state index is 15.1. The highest BCUT2D eigenvalue weighted by atomic mass is 19.1. The number of amides is 1. The van der Waals surface area contributed by atoms with Crippen molar-refractivity contribution in [3.63, 3.8) is 0 Å². The number of H-pyrrole nitrogens is 1. The van der Waals surface area contributed by atoms with Crippen molar-refractivity contribution in [3.8, 4) is 6.07 Å². The molecule has 0 radical (unpaired) electrons. The third kappa shape index (κ3) is 4.00. The van der Waals surface area contributed by atoms with E-state index in [1.165, 1.54) is 6.07 Å². The average Bonchev–Trinajstić information content (AvgIpc) is 2.94. The predicted octanol–water partition coefficient (Wildman–Crippen LogP) is 5.60. The van der Waals surface area contributed by atoms with Gasteiger partial charge in [-0.15, -0.1) is 0 Å². The summed E-state index contributed by atoms with van der Waals surface area (Å²) >= 11 is 0. The fourth-order valence-electron chi connectivity index (χ4n) is 3.93. The van der Waals surface area contributed by atoms with Crippen LogP contribution in [-0.2, 0) is 4.74 Å². The first-order chi connectivity index (χ1) is 13.5. The Morgan fingerprint density at radius 1 is 1.38 bits per heavy atom. The van der Waals surface area contributed by atoms with E-state index in [-0.39, 0.29) is 12.1 Å². The highest BCUT2D eigenvalue weighted by Crippen LogP contribution is 2.38. The second-order valence-corrected chi connectivity index (χ2v) is 8.77. The number of fused-ring (bicyclic) bond motifs is 1. The summed E-state index contributed by atoms with van der Waals surface area (Å²) in [6, 6.07) is 3.31. The number of carbonyl (C=O) groups is 1. The molecule has 1 N–H and O–H groups in total. The average molecular weight is 397 g/mol. The van der Waals surface area contributed by atoms with Crippen molar-refractivity contribution in [1.29, 1.82) is 5.26 Å². The van der Waals surface area contributed by atoms with Crippen molar-refractivity contribution in [2.75, 3.05) is 7.05 Å². The van der Waals surface area contributed by atoms with Gasteiger partial charge in [0, 0.05) is 29.7 Å². The van der Waals surface area contributed by atoms with E-state index in [1.54, 1.807) is 11.9 Å². The van der Waals surface area contributed by atoms with Gasteiger partial charge in [0.1, 0.15) is 17.5 Å². The number of benzene rings is 1. The number of halogens is 1.